The molecule has 2 aromatic rings. The largest absolute Gasteiger partial charge is 0.507 e. The molecule has 2 aliphatic rings. The fourth-order valence-corrected chi connectivity index (χ4v) is 4.09. The number of Topliss-reactive ketones (excluding diaryl/α,β-unsaturated/α-hetero) is 1. The predicted octanol–water partition coefficient (Wildman–Crippen LogP) is 3.21. The number of hydrogen-bond acceptors (Lipinski definition) is 6. The van der Waals surface area contributed by atoms with E-state index in [0.717, 1.165) is 37.6 Å². The molecule has 0 bridgehead atoms. The fourth-order valence-electron chi connectivity index (χ4n) is 3.44. The van der Waals surface area contributed by atoms with E-state index in [1.54, 1.807) is 29.5 Å². The Bertz CT molecular complexity index is 837. The number of likely N-dealkylation sites (N-methyl/N-ethyl adjacent to an activating group) is 1. The van der Waals surface area contributed by atoms with Crippen molar-refractivity contribution >= 4 is 23.2 Å². The number of carbonyl (C=O) groups excluding carboxylic acids is 1. The van der Waals surface area contributed by atoms with Gasteiger partial charge in [-0.2, -0.15) is 0 Å². The first kappa shape index (κ1) is 17.3. The molecule has 0 radical (unpaired) electrons. The van der Waals surface area contributed by atoms with Crippen molar-refractivity contribution in [1.82, 2.24) is 9.80 Å². The molecular formula is C20H22N2O3S. The number of thiophene rings is 1. The highest BCUT2D eigenvalue weighted by Crippen LogP contribution is 2.40. The third kappa shape index (κ3) is 3.28. The molecule has 0 unspecified atom stereocenters. The zero-order chi connectivity index (χ0) is 18.1. The Labute approximate surface area is 157 Å². The number of benzene rings is 1. The van der Waals surface area contributed by atoms with Gasteiger partial charge in [-0.3, -0.25) is 9.69 Å². The topological polar surface area (TPSA) is 53.0 Å². The van der Waals surface area contributed by atoms with E-state index in [4.69, 9.17) is 4.74 Å². The smallest absolute Gasteiger partial charge is 0.232 e. The Balaban J connectivity index is 1.58. The number of rotatable bonds is 4. The lowest BCUT2D eigenvalue weighted by atomic mass is 10.0. The van der Waals surface area contributed by atoms with Crippen LogP contribution in [-0.2, 0) is 6.54 Å². The van der Waals surface area contributed by atoms with Crippen LogP contribution >= 0.6 is 11.3 Å². The summed E-state index contributed by atoms with van der Waals surface area (Å²) in [5, 5.41) is 12.4. The zero-order valence-corrected chi connectivity index (χ0v) is 15.6. The third-order valence-corrected chi connectivity index (χ3v) is 5.85. The van der Waals surface area contributed by atoms with Crippen molar-refractivity contribution in [3.05, 3.63) is 51.4 Å². The normalized spacial score (nSPS) is 19.7. The summed E-state index contributed by atoms with van der Waals surface area (Å²) in [5.41, 5.74) is 1.24. The van der Waals surface area contributed by atoms with E-state index < -0.39 is 0 Å². The predicted molar refractivity (Wildman–Crippen MR) is 103 cm³/mol. The maximum Gasteiger partial charge on any atom is 0.232 e. The second-order valence-electron chi connectivity index (χ2n) is 6.61. The summed E-state index contributed by atoms with van der Waals surface area (Å²) in [6.45, 7) is 7.77. The van der Waals surface area contributed by atoms with Crippen LogP contribution in [-0.4, -0.2) is 53.4 Å². The SMILES string of the molecule is CCN1CCN(Cc2c(O)ccc3c2O/C(=C/c2cccs2)C3=O)CC1. The van der Waals surface area contributed by atoms with Crippen molar-refractivity contribution < 1.29 is 14.6 Å². The minimum absolute atomic E-state index is 0.120. The molecule has 4 rings (SSSR count). The average molecular weight is 370 g/mol. The van der Waals surface area contributed by atoms with Crippen LogP contribution in [0.4, 0.5) is 0 Å². The summed E-state index contributed by atoms with van der Waals surface area (Å²) in [5.74, 6) is 0.901. The molecule has 1 N–H and O–H groups in total. The number of fused-ring (bicyclic) bond motifs is 1. The van der Waals surface area contributed by atoms with Gasteiger partial charge in [-0.25, -0.2) is 0 Å². The van der Waals surface area contributed by atoms with Crippen molar-refractivity contribution in [3.63, 3.8) is 0 Å². The van der Waals surface area contributed by atoms with Crippen molar-refractivity contribution in [2.24, 2.45) is 0 Å². The van der Waals surface area contributed by atoms with Crippen LogP contribution in [0.2, 0.25) is 0 Å². The monoisotopic (exact) mass is 370 g/mol. The molecule has 5 nitrogen and oxygen atoms in total. The van der Waals surface area contributed by atoms with Gasteiger partial charge in [0, 0.05) is 43.7 Å². The zero-order valence-electron chi connectivity index (χ0n) is 14.8. The molecule has 136 valence electrons. The first-order valence-electron chi connectivity index (χ1n) is 8.93. The molecule has 0 amide bonds. The summed E-state index contributed by atoms with van der Waals surface area (Å²) in [4.78, 5) is 18.4. The van der Waals surface area contributed by atoms with E-state index in [2.05, 4.69) is 16.7 Å². The van der Waals surface area contributed by atoms with Gasteiger partial charge in [-0.05, 0) is 30.1 Å². The molecule has 1 aromatic heterocycles. The van der Waals surface area contributed by atoms with Crippen LogP contribution in [0.3, 0.4) is 0 Å². The van der Waals surface area contributed by atoms with E-state index in [1.165, 1.54) is 0 Å². The highest BCUT2D eigenvalue weighted by atomic mass is 32.1. The summed E-state index contributed by atoms with van der Waals surface area (Å²) < 4.78 is 5.91. The Morgan fingerprint density at radius 1 is 1.19 bits per heavy atom. The Morgan fingerprint density at radius 3 is 2.65 bits per heavy atom. The number of phenolic OH excluding ortho intramolecular Hbond substituents is 1. The summed E-state index contributed by atoms with van der Waals surface area (Å²) >= 11 is 1.56. The number of hydrogen-bond donors (Lipinski definition) is 1. The first-order valence-corrected chi connectivity index (χ1v) is 9.81. The minimum atomic E-state index is -0.120. The van der Waals surface area contributed by atoms with Gasteiger partial charge in [0.25, 0.3) is 0 Å². The molecule has 1 aromatic carbocycles. The number of phenols is 1. The van der Waals surface area contributed by atoms with Crippen LogP contribution in [0.15, 0.2) is 35.4 Å². The fraction of sp³-hybridized carbons (Fsp3) is 0.350. The van der Waals surface area contributed by atoms with Crippen molar-refractivity contribution in [2.45, 2.75) is 13.5 Å². The molecule has 1 fully saturated rings. The average Bonchev–Trinajstić information content (AvgIpc) is 3.27. The van der Waals surface area contributed by atoms with Crippen LogP contribution in [0.1, 0.15) is 27.7 Å². The number of aromatic hydroxyl groups is 1. The van der Waals surface area contributed by atoms with Crippen LogP contribution in [0.25, 0.3) is 6.08 Å². The van der Waals surface area contributed by atoms with Crippen LogP contribution in [0, 0.1) is 0 Å². The molecule has 1 saturated heterocycles. The summed E-state index contributed by atoms with van der Waals surface area (Å²) in [7, 11) is 0. The second-order valence-corrected chi connectivity index (χ2v) is 7.58. The number of nitrogens with zero attached hydrogens (tertiary/aromatic N) is 2. The maximum absolute atomic E-state index is 12.7. The second kappa shape index (κ2) is 7.23. The maximum atomic E-state index is 12.7. The quantitative estimate of drug-likeness (QED) is 0.838. The van der Waals surface area contributed by atoms with E-state index in [-0.39, 0.29) is 11.5 Å². The van der Waals surface area contributed by atoms with E-state index in [9.17, 15) is 9.90 Å². The highest BCUT2D eigenvalue weighted by Gasteiger charge is 2.32. The standard InChI is InChI=1S/C20H22N2O3S/c1-2-21-7-9-22(10-8-21)13-16-17(23)6-5-15-19(24)18(25-20(15)16)12-14-4-3-11-26-14/h3-6,11-12,23H,2,7-10,13H2,1H3/b18-12+. The summed E-state index contributed by atoms with van der Waals surface area (Å²) in [6.07, 6.45) is 1.77. The van der Waals surface area contributed by atoms with Gasteiger partial charge in [0.15, 0.2) is 5.76 Å². The molecule has 6 heteroatoms. The number of carbonyl (C=O) groups is 1. The number of ether oxygens (including phenoxy) is 1. The third-order valence-electron chi connectivity index (χ3n) is 5.03. The van der Waals surface area contributed by atoms with E-state index >= 15 is 0 Å². The molecule has 0 spiro atoms. The van der Waals surface area contributed by atoms with Gasteiger partial charge in [0.1, 0.15) is 11.5 Å². The number of piperazine rings is 1. The number of ketones is 1. The van der Waals surface area contributed by atoms with Crippen molar-refractivity contribution in [2.75, 3.05) is 32.7 Å². The van der Waals surface area contributed by atoms with Crippen LogP contribution in [0.5, 0.6) is 11.5 Å². The lowest BCUT2D eigenvalue weighted by molar-refractivity contribution is 0.101. The van der Waals surface area contributed by atoms with Crippen molar-refractivity contribution in [3.8, 4) is 11.5 Å². The van der Waals surface area contributed by atoms with E-state index in [0.29, 0.717) is 29.2 Å². The lowest BCUT2D eigenvalue weighted by Gasteiger charge is -2.34. The molecule has 2 aliphatic heterocycles. The number of allylic oxidation sites excluding steroid dienone is 1. The molecule has 0 atom stereocenters. The molecular weight excluding hydrogens is 348 g/mol. The Hall–Kier alpha value is -2.15. The van der Waals surface area contributed by atoms with Gasteiger partial charge in [-0.15, -0.1) is 11.3 Å². The van der Waals surface area contributed by atoms with Gasteiger partial charge in [0.2, 0.25) is 5.78 Å². The van der Waals surface area contributed by atoms with Gasteiger partial charge in [-0.1, -0.05) is 13.0 Å². The highest BCUT2D eigenvalue weighted by molar-refractivity contribution is 7.10. The molecule has 3 heterocycles. The molecule has 26 heavy (non-hydrogen) atoms. The van der Waals surface area contributed by atoms with Gasteiger partial charge >= 0.3 is 0 Å². The Kier molecular flexibility index (Phi) is 4.80. The summed E-state index contributed by atoms with van der Waals surface area (Å²) in [6, 6.07) is 7.15. The minimum Gasteiger partial charge on any atom is -0.507 e. The molecule has 0 aliphatic carbocycles. The first-order chi connectivity index (χ1) is 12.7. The van der Waals surface area contributed by atoms with Gasteiger partial charge < -0.3 is 14.7 Å². The Morgan fingerprint density at radius 2 is 1.96 bits per heavy atom. The van der Waals surface area contributed by atoms with Crippen LogP contribution < -0.4 is 4.74 Å². The lowest BCUT2D eigenvalue weighted by Crippen LogP contribution is -2.45. The van der Waals surface area contributed by atoms with E-state index in [1.807, 2.05) is 17.5 Å². The van der Waals surface area contributed by atoms with Gasteiger partial charge in [0.05, 0.1) is 11.1 Å². The molecule has 0 saturated carbocycles. The van der Waals surface area contributed by atoms with Crippen molar-refractivity contribution in [1.29, 1.82) is 0 Å².